The van der Waals surface area contributed by atoms with Crippen molar-refractivity contribution in [2.75, 3.05) is 5.32 Å². The van der Waals surface area contributed by atoms with Crippen molar-refractivity contribution in [1.29, 1.82) is 0 Å². The summed E-state index contributed by atoms with van der Waals surface area (Å²) in [6.45, 7) is 9.93. The van der Waals surface area contributed by atoms with E-state index in [-0.39, 0.29) is 0 Å². The maximum absolute atomic E-state index is 4.33. The van der Waals surface area contributed by atoms with Gasteiger partial charge in [-0.25, -0.2) is 4.98 Å². The van der Waals surface area contributed by atoms with Crippen LogP contribution in [0.25, 0.3) is 0 Å². The third kappa shape index (κ3) is 3.94. The summed E-state index contributed by atoms with van der Waals surface area (Å²) >= 11 is 0. The zero-order valence-electron chi connectivity index (χ0n) is 10.3. The van der Waals surface area contributed by atoms with Crippen LogP contribution in [-0.4, -0.2) is 15.6 Å². The van der Waals surface area contributed by atoms with Gasteiger partial charge in [0.15, 0.2) is 0 Å². The molecule has 1 N–H and O–H groups in total. The third-order valence-corrected chi connectivity index (χ3v) is 2.38. The van der Waals surface area contributed by atoms with E-state index < -0.39 is 0 Å². The molecule has 3 heteroatoms. The summed E-state index contributed by atoms with van der Waals surface area (Å²) in [7, 11) is 0. The van der Waals surface area contributed by atoms with Crippen molar-refractivity contribution in [3.8, 4) is 0 Å². The van der Waals surface area contributed by atoms with E-state index >= 15 is 0 Å². The van der Waals surface area contributed by atoms with Gasteiger partial charge in [0.05, 0.1) is 0 Å². The van der Waals surface area contributed by atoms with E-state index in [0.29, 0.717) is 6.04 Å². The van der Waals surface area contributed by atoms with Crippen LogP contribution in [0.4, 0.5) is 5.95 Å². The largest absolute Gasteiger partial charge is 0.353 e. The Morgan fingerprint density at radius 3 is 2.73 bits per heavy atom. The summed E-state index contributed by atoms with van der Waals surface area (Å²) in [4.78, 5) is 4.33. The fraction of sp³-hybridized carbons (Fsp3) is 0.750. The predicted molar refractivity (Wildman–Crippen MR) is 65.1 cm³/mol. The maximum atomic E-state index is 4.33. The second-order valence-corrected chi connectivity index (χ2v) is 4.62. The quantitative estimate of drug-likeness (QED) is 0.780. The molecule has 86 valence electrons. The van der Waals surface area contributed by atoms with Gasteiger partial charge in [0.25, 0.3) is 0 Å². The van der Waals surface area contributed by atoms with E-state index in [1.807, 2.05) is 12.4 Å². The minimum Gasteiger partial charge on any atom is -0.353 e. The van der Waals surface area contributed by atoms with Crippen molar-refractivity contribution < 1.29 is 0 Å². The molecular weight excluding hydrogens is 186 g/mol. The minimum absolute atomic E-state index is 0.489. The molecule has 0 aliphatic carbocycles. The zero-order chi connectivity index (χ0) is 11.3. The first-order chi connectivity index (χ1) is 7.13. The zero-order valence-corrected chi connectivity index (χ0v) is 10.3. The fourth-order valence-corrected chi connectivity index (χ4v) is 1.86. The number of aromatic nitrogens is 2. The van der Waals surface area contributed by atoms with E-state index in [1.165, 1.54) is 6.42 Å². The SMILES string of the molecule is CCCn1ccnc1NC(C)CC(C)C. The lowest BCUT2D eigenvalue weighted by Crippen LogP contribution is -2.20. The lowest BCUT2D eigenvalue weighted by molar-refractivity contribution is 0.534. The van der Waals surface area contributed by atoms with Gasteiger partial charge in [-0.2, -0.15) is 0 Å². The number of imidazole rings is 1. The molecule has 0 saturated heterocycles. The number of hydrogen-bond acceptors (Lipinski definition) is 2. The van der Waals surface area contributed by atoms with E-state index in [1.54, 1.807) is 0 Å². The van der Waals surface area contributed by atoms with Crippen LogP contribution in [0.2, 0.25) is 0 Å². The van der Waals surface area contributed by atoms with Gasteiger partial charge in [-0.15, -0.1) is 0 Å². The first-order valence-corrected chi connectivity index (χ1v) is 5.91. The third-order valence-electron chi connectivity index (χ3n) is 2.38. The molecule has 1 heterocycles. The van der Waals surface area contributed by atoms with Crippen molar-refractivity contribution in [2.24, 2.45) is 5.92 Å². The molecule has 1 aromatic rings. The number of hydrogen-bond donors (Lipinski definition) is 1. The standard InChI is InChI=1S/C12H23N3/c1-5-7-15-8-6-13-12(15)14-11(4)9-10(2)3/h6,8,10-11H,5,7,9H2,1-4H3,(H,13,14). The molecule has 3 nitrogen and oxygen atoms in total. The Hall–Kier alpha value is -0.990. The average molecular weight is 209 g/mol. The van der Waals surface area contributed by atoms with Gasteiger partial charge in [-0.3, -0.25) is 0 Å². The minimum atomic E-state index is 0.489. The van der Waals surface area contributed by atoms with E-state index in [9.17, 15) is 0 Å². The summed E-state index contributed by atoms with van der Waals surface area (Å²) < 4.78 is 2.18. The van der Waals surface area contributed by atoms with Gasteiger partial charge >= 0.3 is 0 Å². The molecule has 0 amide bonds. The van der Waals surface area contributed by atoms with Crippen molar-refractivity contribution in [3.05, 3.63) is 12.4 Å². The van der Waals surface area contributed by atoms with Crippen molar-refractivity contribution in [3.63, 3.8) is 0 Å². The van der Waals surface area contributed by atoms with Crippen LogP contribution in [0.15, 0.2) is 12.4 Å². The summed E-state index contributed by atoms with van der Waals surface area (Å²) in [6, 6.07) is 0.489. The predicted octanol–water partition coefficient (Wildman–Crippen LogP) is 3.14. The molecule has 0 aliphatic heterocycles. The molecular formula is C12H23N3. The normalized spacial score (nSPS) is 13.1. The average Bonchev–Trinajstić information content (AvgIpc) is 2.52. The Kier molecular flexibility index (Phi) is 4.66. The molecule has 0 radical (unpaired) electrons. The molecule has 0 fully saturated rings. The Labute approximate surface area is 92.9 Å². The Morgan fingerprint density at radius 1 is 1.40 bits per heavy atom. The van der Waals surface area contributed by atoms with Gasteiger partial charge in [0, 0.05) is 25.0 Å². The highest BCUT2D eigenvalue weighted by Gasteiger charge is 2.08. The van der Waals surface area contributed by atoms with Gasteiger partial charge < -0.3 is 9.88 Å². The highest BCUT2D eigenvalue weighted by atomic mass is 15.2. The fourth-order valence-electron chi connectivity index (χ4n) is 1.86. The monoisotopic (exact) mass is 209 g/mol. The second-order valence-electron chi connectivity index (χ2n) is 4.62. The van der Waals surface area contributed by atoms with Crippen LogP contribution in [0, 0.1) is 5.92 Å². The molecule has 0 saturated carbocycles. The number of nitrogens with one attached hydrogen (secondary N) is 1. The molecule has 0 bridgehead atoms. The Morgan fingerprint density at radius 2 is 2.13 bits per heavy atom. The summed E-state index contributed by atoms with van der Waals surface area (Å²) in [5, 5.41) is 3.46. The number of nitrogens with zero attached hydrogens (tertiary/aromatic N) is 2. The van der Waals surface area contributed by atoms with Gasteiger partial charge in [0.2, 0.25) is 5.95 Å². The van der Waals surface area contributed by atoms with Crippen LogP contribution in [-0.2, 0) is 6.54 Å². The van der Waals surface area contributed by atoms with Crippen molar-refractivity contribution >= 4 is 5.95 Å². The lowest BCUT2D eigenvalue weighted by atomic mass is 10.1. The molecule has 1 aromatic heterocycles. The first kappa shape index (κ1) is 12.1. The van der Waals surface area contributed by atoms with Gasteiger partial charge in [-0.1, -0.05) is 20.8 Å². The Bertz CT molecular complexity index is 278. The van der Waals surface area contributed by atoms with Crippen LogP contribution >= 0.6 is 0 Å². The number of aryl methyl sites for hydroxylation is 1. The van der Waals surface area contributed by atoms with E-state index in [0.717, 1.165) is 24.8 Å². The summed E-state index contributed by atoms with van der Waals surface area (Å²) in [6.07, 6.45) is 6.22. The summed E-state index contributed by atoms with van der Waals surface area (Å²) in [5.74, 6) is 1.73. The molecule has 0 aliphatic rings. The van der Waals surface area contributed by atoms with Gasteiger partial charge in [-0.05, 0) is 25.7 Å². The molecule has 0 aromatic carbocycles. The van der Waals surface area contributed by atoms with Gasteiger partial charge in [0.1, 0.15) is 0 Å². The summed E-state index contributed by atoms with van der Waals surface area (Å²) in [5.41, 5.74) is 0. The highest BCUT2D eigenvalue weighted by Crippen LogP contribution is 2.11. The van der Waals surface area contributed by atoms with E-state index in [4.69, 9.17) is 0 Å². The van der Waals surface area contributed by atoms with Crippen molar-refractivity contribution in [2.45, 2.75) is 53.1 Å². The lowest BCUT2D eigenvalue weighted by Gasteiger charge is -2.17. The van der Waals surface area contributed by atoms with Crippen molar-refractivity contribution in [1.82, 2.24) is 9.55 Å². The molecule has 1 unspecified atom stereocenters. The van der Waals surface area contributed by atoms with Crippen LogP contribution in [0.3, 0.4) is 0 Å². The maximum Gasteiger partial charge on any atom is 0.202 e. The molecule has 1 atom stereocenters. The second kappa shape index (κ2) is 5.79. The topological polar surface area (TPSA) is 29.9 Å². The number of rotatable bonds is 6. The Balaban J connectivity index is 2.51. The van der Waals surface area contributed by atoms with Crippen LogP contribution < -0.4 is 5.32 Å². The van der Waals surface area contributed by atoms with Crippen LogP contribution in [0.1, 0.15) is 40.5 Å². The van der Waals surface area contributed by atoms with E-state index in [2.05, 4.69) is 42.6 Å². The highest BCUT2D eigenvalue weighted by molar-refractivity contribution is 5.27. The first-order valence-electron chi connectivity index (χ1n) is 5.91. The molecule has 15 heavy (non-hydrogen) atoms. The van der Waals surface area contributed by atoms with Crippen LogP contribution in [0.5, 0.6) is 0 Å². The molecule has 1 rings (SSSR count). The number of anilines is 1. The smallest absolute Gasteiger partial charge is 0.202 e. The molecule has 0 spiro atoms.